The summed E-state index contributed by atoms with van der Waals surface area (Å²) in [5, 5.41) is 10.3. The number of aliphatic hydroxyl groups excluding tert-OH is 1. The van der Waals surface area contributed by atoms with Crippen LogP contribution < -0.4 is 5.32 Å². The van der Waals surface area contributed by atoms with Gasteiger partial charge >= 0.3 is 0 Å². The van der Waals surface area contributed by atoms with Crippen molar-refractivity contribution in [3.05, 3.63) is 24.2 Å². The van der Waals surface area contributed by atoms with Gasteiger partial charge in [-0.15, -0.1) is 0 Å². The molecule has 6 heteroatoms. The minimum absolute atomic E-state index is 0.0784. The molecule has 0 aromatic carbocycles. The summed E-state index contributed by atoms with van der Waals surface area (Å²) in [6.45, 7) is -2.12. The van der Waals surface area contributed by atoms with Crippen molar-refractivity contribution in [2.45, 2.75) is 18.8 Å². The van der Waals surface area contributed by atoms with Crippen LogP contribution in [0.1, 0.15) is 12.2 Å². The average Bonchev–Trinajstić information content (AvgIpc) is 2.76. The van der Waals surface area contributed by atoms with Gasteiger partial charge in [0.25, 0.3) is 5.92 Å². The summed E-state index contributed by atoms with van der Waals surface area (Å²) >= 11 is 0. The maximum atomic E-state index is 12.5. The van der Waals surface area contributed by atoms with Gasteiger partial charge in [-0.3, -0.25) is 4.79 Å². The third-order valence-corrected chi connectivity index (χ3v) is 1.95. The molecule has 1 amide bonds. The summed E-state index contributed by atoms with van der Waals surface area (Å²) in [6.07, 6.45) is 1.92. The van der Waals surface area contributed by atoms with Gasteiger partial charge in [0.15, 0.2) is 0 Å². The quantitative estimate of drug-likeness (QED) is 0.769. The molecule has 0 atom stereocenters. The number of amides is 1. The Kier molecular flexibility index (Phi) is 4.42. The molecule has 0 saturated heterocycles. The average molecular weight is 233 g/mol. The predicted octanol–water partition coefficient (Wildman–Crippen LogP) is 0.956. The number of nitrogens with one attached hydrogen (secondary N) is 1. The van der Waals surface area contributed by atoms with E-state index >= 15 is 0 Å². The number of aliphatic hydroxyl groups is 1. The van der Waals surface area contributed by atoms with Crippen molar-refractivity contribution < 1.29 is 23.1 Å². The lowest BCUT2D eigenvalue weighted by molar-refractivity contribution is -0.124. The van der Waals surface area contributed by atoms with Gasteiger partial charge in [-0.1, -0.05) is 0 Å². The third-order valence-electron chi connectivity index (χ3n) is 1.95. The van der Waals surface area contributed by atoms with Crippen LogP contribution in [0.2, 0.25) is 0 Å². The van der Waals surface area contributed by atoms with Crippen LogP contribution in [-0.4, -0.2) is 30.1 Å². The topological polar surface area (TPSA) is 62.5 Å². The Morgan fingerprint density at radius 3 is 2.88 bits per heavy atom. The molecule has 0 bridgehead atoms. The van der Waals surface area contributed by atoms with Crippen LogP contribution in [0.3, 0.4) is 0 Å². The van der Waals surface area contributed by atoms with Gasteiger partial charge in [-0.2, -0.15) is 0 Å². The third kappa shape index (κ3) is 4.39. The van der Waals surface area contributed by atoms with E-state index in [1.165, 1.54) is 6.26 Å². The summed E-state index contributed by atoms with van der Waals surface area (Å²) in [4.78, 5) is 11.1. The largest absolute Gasteiger partial charge is 0.469 e. The smallest absolute Gasteiger partial charge is 0.287 e. The lowest BCUT2D eigenvalue weighted by Gasteiger charge is -2.13. The molecule has 0 unspecified atom stereocenters. The number of rotatable bonds is 6. The second kappa shape index (κ2) is 5.60. The molecule has 4 nitrogen and oxygen atoms in total. The van der Waals surface area contributed by atoms with E-state index in [4.69, 9.17) is 9.52 Å². The second-order valence-corrected chi connectivity index (χ2v) is 3.37. The molecule has 0 fully saturated rings. The number of hydrogen-bond donors (Lipinski definition) is 2. The van der Waals surface area contributed by atoms with Crippen molar-refractivity contribution in [3.8, 4) is 0 Å². The molecule has 1 aromatic heterocycles. The maximum Gasteiger partial charge on any atom is 0.287 e. The van der Waals surface area contributed by atoms with Crippen molar-refractivity contribution in [1.29, 1.82) is 0 Å². The van der Waals surface area contributed by atoms with Crippen molar-refractivity contribution in [3.63, 3.8) is 0 Å². The molecule has 0 aliphatic rings. The summed E-state index contributed by atoms with van der Waals surface area (Å²) in [5.74, 6) is -3.13. The van der Waals surface area contributed by atoms with Gasteiger partial charge in [-0.05, 0) is 12.1 Å². The lowest BCUT2D eigenvalue weighted by Crippen LogP contribution is -2.39. The molecule has 16 heavy (non-hydrogen) atoms. The highest BCUT2D eigenvalue weighted by molar-refractivity contribution is 5.76. The molecule has 0 aliphatic heterocycles. The highest BCUT2D eigenvalue weighted by Crippen LogP contribution is 2.10. The molecule has 0 radical (unpaired) electrons. The Balaban J connectivity index is 2.21. The Morgan fingerprint density at radius 1 is 1.56 bits per heavy atom. The van der Waals surface area contributed by atoms with Crippen molar-refractivity contribution >= 4 is 5.91 Å². The molecule has 1 heterocycles. The van der Waals surface area contributed by atoms with E-state index in [1.54, 1.807) is 12.1 Å². The molecule has 1 rings (SSSR count). The Morgan fingerprint density at radius 2 is 2.31 bits per heavy atom. The molecule has 0 saturated carbocycles. The monoisotopic (exact) mass is 233 g/mol. The van der Waals surface area contributed by atoms with E-state index in [-0.39, 0.29) is 6.42 Å². The van der Waals surface area contributed by atoms with E-state index in [0.717, 1.165) is 0 Å². The van der Waals surface area contributed by atoms with Crippen molar-refractivity contribution in [1.82, 2.24) is 5.32 Å². The number of alkyl halides is 2. The SMILES string of the molecule is O=C(CCc1ccco1)NCC(F)(F)CO. The summed E-state index contributed by atoms with van der Waals surface area (Å²) in [6, 6.07) is 3.39. The van der Waals surface area contributed by atoms with Gasteiger partial charge in [0.2, 0.25) is 5.91 Å². The Bertz CT molecular complexity index is 325. The first-order valence-corrected chi connectivity index (χ1v) is 4.81. The molecule has 2 N–H and O–H groups in total. The molecular formula is C10H13F2NO3. The van der Waals surface area contributed by atoms with Gasteiger partial charge in [0, 0.05) is 12.8 Å². The fraction of sp³-hybridized carbons (Fsp3) is 0.500. The number of hydrogen-bond acceptors (Lipinski definition) is 3. The normalized spacial score (nSPS) is 11.4. The van der Waals surface area contributed by atoms with Crippen molar-refractivity contribution in [2.24, 2.45) is 0 Å². The first-order chi connectivity index (χ1) is 7.53. The Labute approximate surface area is 91.3 Å². The van der Waals surface area contributed by atoms with Crippen LogP contribution in [0.15, 0.2) is 22.8 Å². The second-order valence-electron chi connectivity index (χ2n) is 3.37. The van der Waals surface area contributed by atoms with Crippen LogP contribution in [0.25, 0.3) is 0 Å². The number of aryl methyl sites for hydroxylation is 1. The van der Waals surface area contributed by atoms with Gasteiger partial charge in [-0.25, -0.2) is 8.78 Å². The highest BCUT2D eigenvalue weighted by atomic mass is 19.3. The van der Waals surface area contributed by atoms with Gasteiger partial charge < -0.3 is 14.8 Å². The maximum absolute atomic E-state index is 12.5. The number of carbonyl (C=O) groups is 1. The Hall–Kier alpha value is -1.43. The van der Waals surface area contributed by atoms with Crippen LogP contribution in [0.5, 0.6) is 0 Å². The minimum atomic E-state index is -3.26. The lowest BCUT2D eigenvalue weighted by atomic mass is 10.2. The summed E-state index contributed by atoms with van der Waals surface area (Å²) < 4.78 is 30.1. The zero-order chi connectivity index (χ0) is 12.0. The van der Waals surface area contributed by atoms with Crippen molar-refractivity contribution in [2.75, 3.05) is 13.2 Å². The molecule has 0 aliphatic carbocycles. The minimum Gasteiger partial charge on any atom is -0.469 e. The van der Waals surface area contributed by atoms with Crippen LogP contribution in [-0.2, 0) is 11.2 Å². The van der Waals surface area contributed by atoms with Gasteiger partial charge in [0.1, 0.15) is 12.4 Å². The van der Waals surface area contributed by atoms with Gasteiger partial charge in [0.05, 0.1) is 12.8 Å². The van der Waals surface area contributed by atoms with E-state index in [0.29, 0.717) is 12.2 Å². The predicted molar refractivity (Wildman–Crippen MR) is 52.1 cm³/mol. The summed E-state index contributed by atoms with van der Waals surface area (Å²) in [5.41, 5.74) is 0. The van der Waals surface area contributed by atoms with E-state index in [9.17, 15) is 13.6 Å². The van der Waals surface area contributed by atoms with E-state index in [1.807, 2.05) is 5.32 Å². The van der Waals surface area contributed by atoms with E-state index in [2.05, 4.69) is 0 Å². The molecule has 0 spiro atoms. The zero-order valence-electron chi connectivity index (χ0n) is 8.58. The number of furan rings is 1. The van der Waals surface area contributed by atoms with Crippen LogP contribution in [0, 0.1) is 0 Å². The first kappa shape index (κ1) is 12.6. The van der Waals surface area contributed by atoms with Crippen LogP contribution in [0.4, 0.5) is 8.78 Å². The zero-order valence-corrected chi connectivity index (χ0v) is 8.58. The molecular weight excluding hydrogens is 220 g/mol. The standard InChI is InChI=1S/C10H13F2NO3/c11-10(12,7-14)6-13-9(15)4-3-8-2-1-5-16-8/h1-2,5,14H,3-4,6-7H2,(H,13,15). The van der Waals surface area contributed by atoms with Crippen LogP contribution >= 0.6 is 0 Å². The molecule has 1 aromatic rings. The van der Waals surface area contributed by atoms with E-state index < -0.39 is 25.0 Å². The number of carbonyl (C=O) groups excluding carboxylic acids is 1. The highest BCUT2D eigenvalue weighted by Gasteiger charge is 2.27. The first-order valence-electron chi connectivity index (χ1n) is 4.81. The number of halogens is 2. The fourth-order valence-corrected chi connectivity index (χ4v) is 1.06. The fourth-order valence-electron chi connectivity index (χ4n) is 1.06. The summed E-state index contributed by atoms with van der Waals surface area (Å²) in [7, 11) is 0. The molecule has 90 valence electrons.